The molecular formula is C14H13F3N2O5S2. The minimum Gasteiger partial charge on any atom is -0.398 e. The second kappa shape index (κ2) is 6.45. The van der Waals surface area contributed by atoms with Crippen LogP contribution in [0.25, 0.3) is 0 Å². The van der Waals surface area contributed by atoms with Crippen molar-refractivity contribution in [1.29, 1.82) is 0 Å². The standard InChI is InChI=1S/C14H13F3N2O5S2/c1-8-2-3-10(26(22,23)24)7-13(8)19-25(20,21)9-4-5-12(18)11(6-9)14(15,16)17/h2-7,19H,18H2,1H3,(H,22,23,24). The highest BCUT2D eigenvalue weighted by molar-refractivity contribution is 7.92. The molecule has 12 heteroatoms. The Bertz CT molecular complexity index is 1060. The van der Waals surface area contributed by atoms with Crippen LogP contribution in [0, 0.1) is 6.92 Å². The summed E-state index contributed by atoms with van der Waals surface area (Å²) in [5.74, 6) is 0. The van der Waals surface area contributed by atoms with Crippen molar-refractivity contribution in [1.82, 2.24) is 0 Å². The number of hydrogen-bond donors (Lipinski definition) is 3. The van der Waals surface area contributed by atoms with Gasteiger partial charge in [0.25, 0.3) is 20.1 Å². The van der Waals surface area contributed by atoms with E-state index >= 15 is 0 Å². The molecule has 2 rings (SSSR count). The third kappa shape index (κ3) is 4.26. The van der Waals surface area contributed by atoms with E-state index in [0.717, 1.165) is 24.3 Å². The molecule has 0 aliphatic heterocycles. The lowest BCUT2D eigenvalue weighted by molar-refractivity contribution is -0.137. The number of anilines is 2. The first-order chi connectivity index (χ1) is 11.7. The summed E-state index contributed by atoms with van der Waals surface area (Å²) in [6.45, 7) is 1.44. The largest absolute Gasteiger partial charge is 0.418 e. The molecule has 7 nitrogen and oxygen atoms in total. The first-order valence-electron chi connectivity index (χ1n) is 6.79. The number of rotatable bonds is 4. The molecule has 0 aliphatic carbocycles. The van der Waals surface area contributed by atoms with Crippen LogP contribution in [0.1, 0.15) is 11.1 Å². The summed E-state index contributed by atoms with van der Waals surface area (Å²) < 4.78 is 96.8. The molecule has 0 radical (unpaired) electrons. The van der Waals surface area contributed by atoms with E-state index in [1.807, 2.05) is 4.72 Å². The minimum absolute atomic E-state index is 0.217. The predicted octanol–water partition coefficient (Wildman–Crippen LogP) is 2.64. The normalized spacial score (nSPS) is 12.8. The summed E-state index contributed by atoms with van der Waals surface area (Å²) in [6, 6.07) is 5.19. The Labute approximate surface area is 147 Å². The topological polar surface area (TPSA) is 127 Å². The molecule has 142 valence electrons. The first-order valence-corrected chi connectivity index (χ1v) is 9.72. The van der Waals surface area contributed by atoms with E-state index in [0.29, 0.717) is 6.07 Å². The van der Waals surface area contributed by atoms with Crippen molar-refractivity contribution >= 4 is 31.5 Å². The van der Waals surface area contributed by atoms with Gasteiger partial charge in [0.05, 0.1) is 21.0 Å². The number of benzene rings is 2. The molecule has 0 spiro atoms. The Hall–Kier alpha value is -2.31. The fraction of sp³-hybridized carbons (Fsp3) is 0.143. The van der Waals surface area contributed by atoms with Crippen molar-refractivity contribution in [3.05, 3.63) is 47.5 Å². The molecule has 0 bridgehead atoms. The van der Waals surface area contributed by atoms with Crippen LogP contribution in [0.3, 0.4) is 0 Å². The fourth-order valence-electron chi connectivity index (χ4n) is 2.02. The average molecular weight is 410 g/mol. The van der Waals surface area contributed by atoms with Crippen LogP contribution in [0.5, 0.6) is 0 Å². The maximum Gasteiger partial charge on any atom is 0.418 e. The van der Waals surface area contributed by atoms with E-state index in [2.05, 4.69) is 0 Å². The molecular weight excluding hydrogens is 397 g/mol. The fourth-order valence-corrected chi connectivity index (χ4v) is 3.68. The van der Waals surface area contributed by atoms with Gasteiger partial charge in [-0.3, -0.25) is 9.27 Å². The molecule has 0 saturated carbocycles. The lowest BCUT2D eigenvalue weighted by atomic mass is 10.2. The van der Waals surface area contributed by atoms with Gasteiger partial charge in [-0.05, 0) is 42.8 Å². The molecule has 0 amide bonds. The zero-order valence-corrected chi connectivity index (χ0v) is 14.7. The molecule has 0 saturated heterocycles. The maximum atomic E-state index is 12.9. The molecule has 0 aliphatic rings. The van der Waals surface area contributed by atoms with Crippen LogP contribution in [0.15, 0.2) is 46.2 Å². The van der Waals surface area contributed by atoms with Crippen molar-refractivity contribution < 1.29 is 34.6 Å². The number of alkyl halides is 3. The smallest absolute Gasteiger partial charge is 0.398 e. The third-order valence-electron chi connectivity index (χ3n) is 3.39. The maximum absolute atomic E-state index is 12.9. The quantitative estimate of drug-likeness (QED) is 0.525. The van der Waals surface area contributed by atoms with Crippen molar-refractivity contribution in [2.45, 2.75) is 22.9 Å². The molecule has 0 fully saturated rings. The van der Waals surface area contributed by atoms with E-state index in [-0.39, 0.29) is 11.3 Å². The molecule has 0 heterocycles. The van der Waals surface area contributed by atoms with Crippen LogP contribution < -0.4 is 10.5 Å². The molecule has 0 unspecified atom stereocenters. The molecule has 26 heavy (non-hydrogen) atoms. The van der Waals surface area contributed by atoms with Gasteiger partial charge in [-0.1, -0.05) is 6.07 Å². The average Bonchev–Trinajstić information content (AvgIpc) is 2.47. The van der Waals surface area contributed by atoms with Crippen LogP contribution in [0.4, 0.5) is 24.5 Å². The highest BCUT2D eigenvalue weighted by Gasteiger charge is 2.34. The van der Waals surface area contributed by atoms with Crippen molar-refractivity contribution in [2.75, 3.05) is 10.5 Å². The number of nitrogens with one attached hydrogen (secondary N) is 1. The Balaban J connectivity index is 2.51. The number of sulfonamides is 1. The van der Waals surface area contributed by atoms with E-state index in [9.17, 15) is 30.0 Å². The van der Waals surface area contributed by atoms with Gasteiger partial charge in [-0.15, -0.1) is 0 Å². The number of hydrogen-bond acceptors (Lipinski definition) is 5. The van der Waals surface area contributed by atoms with Gasteiger partial charge >= 0.3 is 6.18 Å². The summed E-state index contributed by atoms with van der Waals surface area (Å²) >= 11 is 0. The monoisotopic (exact) mass is 410 g/mol. The Morgan fingerprint density at radius 3 is 2.12 bits per heavy atom. The Morgan fingerprint density at radius 2 is 1.58 bits per heavy atom. The molecule has 0 atom stereocenters. The van der Waals surface area contributed by atoms with Gasteiger partial charge in [0, 0.05) is 5.69 Å². The van der Waals surface area contributed by atoms with Crippen molar-refractivity contribution in [3.8, 4) is 0 Å². The van der Waals surface area contributed by atoms with E-state index in [1.165, 1.54) is 13.0 Å². The zero-order chi connectivity index (χ0) is 19.9. The lowest BCUT2D eigenvalue weighted by Crippen LogP contribution is -2.16. The zero-order valence-electron chi connectivity index (χ0n) is 13.1. The highest BCUT2D eigenvalue weighted by Crippen LogP contribution is 2.35. The summed E-state index contributed by atoms with van der Waals surface area (Å²) in [6.07, 6.45) is -4.85. The van der Waals surface area contributed by atoms with E-state index in [4.69, 9.17) is 10.3 Å². The van der Waals surface area contributed by atoms with Gasteiger partial charge < -0.3 is 5.73 Å². The van der Waals surface area contributed by atoms with Crippen LogP contribution in [0.2, 0.25) is 0 Å². The summed E-state index contributed by atoms with van der Waals surface area (Å²) in [5.41, 5.74) is 3.35. The minimum atomic E-state index is -4.85. The number of aryl methyl sites for hydroxylation is 1. The van der Waals surface area contributed by atoms with Crippen LogP contribution in [-0.4, -0.2) is 21.4 Å². The van der Waals surface area contributed by atoms with Gasteiger partial charge in [0.15, 0.2) is 0 Å². The summed E-state index contributed by atoms with van der Waals surface area (Å²) in [7, 11) is -9.07. The third-order valence-corrected chi connectivity index (χ3v) is 5.60. The molecule has 2 aromatic rings. The molecule has 2 aromatic carbocycles. The number of nitrogens with two attached hydrogens (primary N) is 1. The molecule has 0 aromatic heterocycles. The predicted molar refractivity (Wildman–Crippen MR) is 87.7 cm³/mol. The number of halogens is 3. The Kier molecular flexibility index (Phi) is 4.96. The second-order valence-electron chi connectivity index (χ2n) is 5.30. The lowest BCUT2D eigenvalue weighted by Gasteiger charge is -2.14. The van der Waals surface area contributed by atoms with Crippen LogP contribution in [-0.2, 0) is 26.3 Å². The number of nitrogen functional groups attached to an aromatic ring is 1. The molecule has 4 N–H and O–H groups in total. The van der Waals surface area contributed by atoms with Gasteiger partial charge in [-0.2, -0.15) is 21.6 Å². The van der Waals surface area contributed by atoms with E-state index < -0.39 is 47.4 Å². The SMILES string of the molecule is Cc1ccc(S(=O)(=O)O)cc1NS(=O)(=O)c1ccc(N)c(C(F)(F)F)c1. The van der Waals surface area contributed by atoms with Gasteiger partial charge in [0.2, 0.25) is 0 Å². The summed E-state index contributed by atoms with van der Waals surface area (Å²) in [5, 5.41) is 0. The van der Waals surface area contributed by atoms with Crippen LogP contribution >= 0.6 is 0 Å². The Morgan fingerprint density at radius 1 is 1.00 bits per heavy atom. The second-order valence-corrected chi connectivity index (χ2v) is 8.41. The van der Waals surface area contributed by atoms with E-state index in [1.54, 1.807) is 0 Å². The highest BCUT2D eigenvalue weighted by atomic mass is 32.2. The first kappa shape index (κ1) is 20.0. The van der Waals surface area contributed by atoms with Crippen molar-refractivity contribution in [2.24, 2.45) is 0 Å². The van der Waals surface area contributed by atoms with Gasteiger partial charge in [0.1, 0.15) is 0 Å². The van der Waals surface area contributed by atoms with Gasteiger partial charge in [-0.25, -0.2) is 8.42 Å². The summed E-state index contributed by atoms with van der Waals surface area (Å²) in [4.78, 5) is -1.29. The van der Waals surface area contributed by atoms with Crippen molar-refractivity contribution in [3.63, 3.8) is 0 Å².